The molecule has 1 rings (SSSR count). The van der Waals surface area contributed by atoms with E-state index in [0.29, 0.717) is 5.13 Å². The van der Waals surface area contributed by atoms with Gasteiger partial charge in [0.15, 0.2) is 5.13 Å². The van der Waals surface area contributed by atoms with Gasteiger partial charge in [-0.05, 0) is 12.5 Å². The van der Waals surface area contributed by atoms with Gasteiger partial charge in [-0.15, -0.1) is 11.3 Å². The Labute approximate surface area is 96.1 Å². The van der Waals surface area contributed by atoms with Gasteiger partial charge in [-0.25, -0.2) is 4.98 Å². The van der Waals surface area contributed by atoms with Crippen LogP contribution in [0.2, 0.25) is 0 Å². The number of thiazole rings is 1. The van der Waals surface area contributed by atoms with Gasteiger partial charge in [-0.3, -0.25) is 0 Å². The van der Waals surface area contributed by atoms with Gasteiger partial charge in [-0.1, -0.05) is 26.7 Å². The molecule has 0 amide bonds. The van der Waals surface area contributed by atoms with Gasteiger partial charge < -0.3 is 11.1 Å². The van der Waals surface area contributed by atoms with E-state index in [-0.39, 0.29) is 0 Å². The van der Waals surface area contributed by atoms with Crippen LogP contribution in [0, 0.1) is 5.92 Å². The van der Waals surface area contributed by atoms with E-state index in [1.807, 2.05) is 5.38 Å². The Hall–Kier alpha value is -0.610. The molecule has 15 heavy (non-hydrogen) atoms. The number of nitrogens with zero attached hydrogens (tertiary/aromatic N) is 1. The number of nitrogens with two attached hydrogens (primary N) is 1. The maximum absolute atomic E-state index is 5.56. The molecular formula is C11H21N3S. The van der Waals surface area contributed by atoms with E-state index >= 15 is 0 Å². The lowest BCUT2D eigenvalue weighted by Gasteiger charge is -2.12. The Bertz CT molecular complexity index is 269. The van der Waals surface area contributed by atoms with Crippen molar-refractivity contribution in [1.82, 2.24) is 10.3 Å². The van der Waals surface area contributed by atoms with Crippen LogP contribution in [0.3, 0.4) is 0 Å². The molecule has 0 aliphatic rings. The third-order valence-corrected chi connectivity index (χ3v) is 3.44. The minimum absolute atomic E-state index is 0.671. The van der Waals surface area contributed by atoms with E-state index in [1.165, 1.54) is 24.2 Å². The van der Waals surface area contributed by atoms with Crippen LogP contribution in [-0.2, 0) is 6.42 Å². The molecule has 0 saturated carbocycles. The topological polar surface area (TPSA) is 50.9 Å². The molecule has 1 heterocycles. The lowest BCUT2D eigenvalue weighted by molar-refractivity contribution is 0.451. The van der Waals surface area contributed by atoms with Crippen molar-refractivity contribution in [2.75, 3.05) is 18.8 Å². The molecule has 0 spiro atoms. The zero-order valence-electron chi connectivity index (χ0n) is 9.62. The van der Waals surface area contributed by atoms with E-state index in [2.05, 4.69) is 24.1 Å². The average Bonchev–Trinajstić information content (AvgIpc) is 2.65. The largest absolute Gasteiger partial charge is 0.375 e. The van der Waals surface area contributed by atoms with Gasteiger partial charge in [0, 0.05) is 18.3 Å². The van der Waals surface area contributed by atoms with E-state index in [4.69, 9.17) is 5.73 Å². The number of aromatic nitrogens is 1. The molecule has 1 aromatic rings. The van der Waals surface area contributed by atoms with Gasteiger partial charge in [0.1, 0.15) is 0 Å². The lowest BCUT2D eigenvalue weighted by Crippen LogP contribution is -2.24. The number of anilines is 1. The molecule has 0 aliphatic carbocycles. The minimum Gasteiger partial charge on any atom is -0.375 e. The minimum atomic E-state index is 0.671. The van der Waals surface area contributed by atoms with E-state index in [0.717, 1.165) is 31.1 Å². The molecule has 86 valence electrons. The van der Waals surface area contributed by atoms with Crippen LogP contribution in [0.1, 0.15) is 32.4 Å². The molecule has 3 N–H and O–H groups in total. The van der Waals surface area contributed by atoms with Crippen molar-refractivity contribution in [3.8, 4) is 0 Å². The van der Waals surface area contributed by atoms with Crippen molar-refractivity contribution in [2.24, 2.45) is 5.92 Å². The van der Waals surface area contributed by atoms with Crippen LogP contribution in [0.4, 0.5) is 5.13 Å². The average molecular weight is 227 g/mol. The number of rotatable bonds is 7. The van der Waals surface area contributed by atoms with E-state index in [1.54, 1.807) is 0 Å². The summed E-state index contributed by atoms with van der Waals surface area (Å²) in [5, 5.41) is 6.18. The van der Waals surface area contributed by atoms with Crippen molar-refractivity contribution < 1.29 is 0 Å². The molecule has 1 aromatic heterocycles. The molecule has 0 unspecified atom stereocenters. The zero-order valence-corrected chi connectivity index (χ0v) is 10.4. The van der Waals surface area contributed by atoms with Gasteiger partial charge in [0.05, 0.1) is 5.69 Å². The summed E-state index contributed by atoms with van der Waals surface area (Å²) in [6.45, 7) is 6.61. The maximum atomic E-state index is 5.56. The highest BCUT2D eigenvalue weighted by Gasteiger charge is 2.02. The van der Waals surface area contributed by atoms with E-state index in [9.17, 15) is 0 Å². The summed E-state index contributed by atoms with van der Waals surface area (Å²) in [6, 6.07) is 0. The molecule has 0 bridgehead atoms. The Morgan fingerprint density at radius 1 is 1.47 bits per heavy atom. The van der Waals surface area contributed by atoms with Crippen LogP contribution in [0.25, 0.3) is 0 Å². The van der Waals surface area contributed by atoms with Crippen molar-refractivity contribution >= 4 is 16.5 Å². The molecular weight excluding hydrogens is 206 g/mol. The molecule has 0 aliphatic heterocycles. The first-order valence-electron chi connectivity index (χ1n) is 5.66. The summed E-state index contributed by atoms with van der Waals surface area (Å²) < 4.78 is 0. The molecule has 0 atom stereocenters. The van der Waals surface area contributed by atoms with Crippen molar-refractivity contribution in [3.05, 3.63) is 11.1 Å². The van der Waals surface area contributed by atoms with Gasteiger partial charge in [0.25, 0.3) is 0 Å². The van der Waals surface area contributed by atoms with Crippen LogP contribution in [0.15, 0.2) is 5.38 Å². The molecule has 4 heteroatoms. The zero-order chi connectivity index (χ0) is 11.1. The molecule has 0 radical (unpaired) electrons. The van der Waals surface area contributed by atoms with Crippen molar-refractivity contribution in [2.45, 2.75) is 33.1 Å². The normalized spacial score (nSPS) is 11.1. The summed E-state index contributed by atoms with van der Waals surface area (Å²) in [5.41, 5.74) is 6.67. The second kappa shape index (κ2) is 6.80. The summed E-state index contributed by atoms with van der Waals surface area (Å²) in [7, 11) is 0. The SMILES string of the molecule is CCC(CC)CNCCc1csc(N)n1. The first-order valence-corrected chi connectivity index (χ1v) is 6.54. The number of nitrogens with one attached hydrogen (secondary N) is 1. The molecule has 0 aromatic carbocycles. The fourth-order valence-corrected chi connectivity index (χ4v) is 2.13. The Kier molecular flexibility index (Phi) is 5.65. The van der Waals surface area contributed by atoms with Gasteiger partial charge in [0.2, 0.25) is 0 Å². The van der Waals surface area contributed by atoms with E-state index < -0.39 is 0 Å². The van der Waals surface area contributed by atoms with Crippen LogP contribution >= 0.6 is 11.3 Å². The fraction of sp³-hybridized carbons (Fsp3) is 0.727. The van der Waals surface area contributed by atoms with Crippen LogP contribution in [0.5, 0.6) is 0 Å². The Balaban J connectivity index is 2.11. The highest BCUT2D eigenvalue weighted by atomic mass is 32.1. The predicted octanol–water partition coefficient (Wildman–Crippen LogP) is 2.29. The number of hydrogen-bond acceptors (Lipinski definition) is 4. The third kappa shape index (κ3) is 4.62. The first-order chi connectivity index (χ1) is 7.26. The molecule has 0 fully saturated rings. The smallest absolute Gasteiger partial charge is 0.180 e. The van der Waals surface area contributed by atoms with Crippen LogP contribution in [-0.4, -0.2) is 18.1 Å². The summed E-state index contributed by atoms with van der Waals surface area (Å²) >= 11 is 1.52. The fourth-order valence-electron chi connectivity index (χ4n) is 1.54. The van der Waals surface area contributed by atoms with Gasteiger partial charge in [-0.2, -0.15) is 0 Å². The monoisotopic (exact) mass is 227 g/mol. The van der Waals surface area contributed by atoms with Gasteiger partial charge >= 0.3 is 0 Å². The van der Waals surface area contributed by atoms with Crippen molar-refractivity contribution in [1.29, 1.82) is 0 Å². The second-order valence-electron chi connectivity index (χ2n) is 3.81. The maximum Gasteiger partial charge on any atom is 0.180 e. The second-order valence-corrected chi connectivity index (χ2v) is 4.70. The Morgan fingerprint density at radius 2 is 2.20 bits per heavy atom. The molecule has 3 nitrogen and oxygen atoms in total. The Morgan fingerprint density at radius 3 is 2.73 bits per heavy atom. The lowest BCUT2D eigenvalue weighted by atomic mass is 10.0. The number of hydrogen-bond donors (Lipinski definition) is 2. The summed E-state index contributed by atoms with van der Waals surface area (Å²) in [5.74, 6) is 0.811. The molecule has 0 saturated heterocycles. The number of nitrogen functional groups attached to an aromatic ring is 1. The standard InChI is InChI=1S/C11H21N3S/c1-3-9(4-2)7-13-6-5-10-8-15-11(12)14-10/h8-9,13H,3-7H2,1-2H3,(H2,12,14). The highest BCUT2D eigenvalue weighted by Crippen LogP contribution is 2.11. The predicted molar refractivity (Wildman–Crippen MR) is 67.2 cm³/mol. The summed E-state index contributed by atoms with van der Waals surface area (Å²) in [4.78, 5) is 4.22. The third-order valence-electron chi connectivity index (χ3n) is 2.72. The highest BCUT2D eigenvalue weighted by molar-refractivity contribution is 7.13. The summed E-state index contributed by atoms with van der Waals surface area (Å²) in [6.07, 6.45) is 3.49. The quantitative estimate of drug-likeness (QED) is 0.703. The van der Waals surface area contributed by atoms with Crippen molar-refractivity contribution in [3.63, 3.8) is 0 Å². The van der Waals surface area contributed by atoms with Crippen LogP contribution < -0.4 is 11.1 Å². The first kappa shape index (κ1) is 12.5.